The summed E-state index contributed by atoms with van der Waals surface area (Å²) in [6.45, 7) is 14.5. The fraction of sp³-hybridized carbons (Fsp3) is 1.00. The summed E-state index contributed by atoms with van der Waals surface area (Å²) < 4.78 is 0. The van der Waals surface area contributed by atoms with Crippen LogP contribution in [-0.4, -0.2) is 26.2 Å². The van der Waals surface area contributed by atoms with E-state index in [1.807, 2.05) is 0 Å². The third-order valence-electron chi connectivity index (χ3n) is 7.49. The van der Waals surface area contributed by atoms with E-state index in [1.165, 1.54) is 90.4 Å². The first-order chi connectivity index (χ1) is 12.6. The van der Waals surface area contributed by atoms with Crippen molar-refractivity contribution < 1.29 is 0 Å². The lowest BCUT2D eigenvalue weighted by Crippen LogP contribution is -2.30. The van der Waals surface area contributed by atoms with E-state index in [-0.39, 0.29) is 0 Å². The SMILES string of the molecule is CC(C)C1CCC(CNCCCCNCC2CCC(C(C)C)CC2)CC1. The number of unbranched alkanes of at least 4 members (excludes halogenated alkanes) is 1. The second kappa shape index (κ2) is 12.4. The van der Waals surface area contributed by atoms with Gasteiger partial charge in [0, 0.05) is 0 Å². The van der Waals surface area contributed by atoms with Gasteiger partial charge in [0.15, 0.2) is 0 Å². The molecule has 2 fully saturated rings. The molecule has 154 valence electrons. The van der Waals surface area contributed by atoms with Gasteiger partial charge >= 0.3 is 0 Å². The lowest BCUT2D eigenvalue weighted by Gasteiger charge is -2.31. The first-order valence-corrected chi connectivity index (χ1v) is 12.0. The predicted octanol–water partition coefficient (Wildman–Crippen LogP) is 5.87. The van der Waals surface area contributed by atoms with Crippen molar-refractivity contribution in [3.63, 3.8) is 0 Å². The summed E-state index contributed by atoms with van der Waals surface area (Å²) >= 11 is 0. The molecule has 0 spiro atoms. The highest BCUT2D eigenvalue weighted by molar-refractivity contribution is 4.77. The molecule has 0 heterocycles. The molecule has 0 saturated heterocycles. The van der Waals surface area contributed by atoms with Crippen molar-refractivity contribution in [1.29, 1.82) is 0 Å². The summed E-state index contributed by atoms with van der Waals surface area (Å²) in [5.74, 6) is 5.67. The van der Waals surface area contributed by atoms with Crippen LogP contribution in [0.3, 0.4) is 0 Å². The van der Waals surface area contributed by atoms with Gasteiger partial charge in [-0.3, -0.25) is 0 Å². The molecule has 0 amide bonds. The minimum atomic E-state index is 0.890. The molecular weight excluding hydrogens is 316 g/mol. The summed E-state index contributed by atoms with van der Waals surface area (Å²) in [5.41, 5.74) is 0. The Morgan fingerprint density at radius 2 is 0.923 bits per heavy atom. The molecule has 2 aliphatic carbocycles. The molecule has 0 aliphatic heterocycles. The zero-order chi connectivity index (χ0) is 18.8. The Labute approximate surface area is 164 Å². The molecule has 0 bridgehead atoms. The Morgan fingerprint density at radius 1 is 0.577 bits per heavy atom. The van der Waals surface area contributed by atoms with E-state index in [4.69, 9.17) is 0 Å². The summed E-state index contributed by atoms with van der Waals surface area (Å²) in [7, 11) is 0. The second-order valence-electron chi connectivity index (χ2n) is 10.2. The number of nitrogens with one attached hydrogen (secondary N) is 2. The zero-order valence-electron chi connectivity index (χ0n) is 18.4. The van der Waals surface area contributed by atoms with Gasteiger partial charge in [-0.1, -0.05) is 27.7 Å². The van der Waals surface area contributed by atoms with E-state index in [0.717, 1.165) is 35.5 Å². The third-order valence-corrected chi connectivity index (χ3v) is 7.49. The van der Waals surface area contributed by atoms with Crippen LogP contribution in [-0.2, 0) is 0 Å². The normalized spacial score (nSPS) is 30.2. The molecular formula is C24H48N2. The average molecular weight is 365 g/mol. The Hall–Kier alpha value is -0.0800. The van der Waals surface area contributed by atoms with Crippen molar-refractivity contribution in [3.8, 4) is 0 Å². The molecule has 26 heavy (non-hydrogen) atoms. The lowest BCUT2D eigenvalue weighted by atomic mass is 9.77. The fourth-order valence-electron chi connectivity index (χ4n) is 5.23. The Bertz CT molecular complexity index is 302. The zero-order valence-corrected chi connectivity index (χ0v) is 18.4. The van der Waals surface area contributed by atoms with E-state index in [2.05, 4.69) is 38.3 Å². The highest BCUT2D eigenvalue weighted by atomic mass is 14.9. The average Bonchev–Trinajstić information content (AvgIpc) is 2.64. The molecule has 0 aromatic rings. The smallest absolute Gasteiger partial charge is 0.00205 e. The molecule has 0 aromatic carbocycles. The van der Waals surface area contributed by atoms with E-state index in [9.17, 15) is 0 Å². The van der Waals surface area contributed by atoms with Crippen molar-refractivity contribution in [3.05, 3.63) is 0 Å². The molecule has 2 rings (SSSR count). The molecule has 0 radical (unpaired) electrons. The highest BCUT2D eigenvalue weighted by Crippen LogP contribution is 2.33. The Morgan fingerprint density at radius 3 is 1.23 bits per heavy atom. The fourth-order valence-corrected chi connectivity index (χ4v) is 5.23. The van der Waals surface area contributed by atoms with E-state index in [0.29, 0.717) is 0 Å². The van der Waals surface area contributed by atoms with Gasteiger partial charge in [-0.2, -0.15) is 0 Å². The van der Waals surface area contributed by atoms with Crippen LogP contribution in [0.1, 0.15) is 91.9 Å². The summed E-state index contributed by atoms with van der Waals surface area (Å²) in [6, 6.07) is 0. The molecule has 2 saturated carbocycles. The van der Waals surface area contributed by atoms with Gasteiger partial charge in [0.2, 0.25) is 0 Å². The number of rotatable bonds is 11. The molecule has 2 heteroatoms. The molecule has 0 atom stereocenters. The van der Waals surface area contributed by atoms with Crippen LogP contribution in [0.2, 0.25) is 0 Å². The maximum absolute atomic E-state index is 3.73. The molecule has 2 N–H and O–H groups in total. The molecule has 2 nitrogen and oxygen atoms in total. The Kier molecular flexibility index (Phi) is 10.6. The maximum atomic E-state index is 3.73. The predicted molar refractivity (Wildman–Crippen MR) is 116 cm³/mol. The van der Waals surface area contributed by atoms with Gasteiger partial charge in [-0.15, -0.1) is 0 Å². The minimum absolute atomic E-state index is 0.890. The van der Waals surface area contributed by atoms with Crippen molar-refractivity contribution in [1.82, 2.24) is 10.6 Å². The topological polar surface area (TPSA) is 24.1 Å². The second-order valence-corrected chi connectivity index (χ2v) is 10.2. The maximum Gasteiger partial charge on any atom is -0.00205 e. The van der Waals surface area contributed by atoms with E-state index >= 15 is 0 Å². The third kappa shape index (κ3) is 8.30. The van der Waals surface area contributed by atoms with Crippen LogP contribution < -0.4 is 10.6 Å². The summed E-state index contributed by atoms with van der Waals surface area (Å²) in [4.78, 5) is 0. The van der Waals surface area contributed by atoms with Gasteiger partial charge in [0.25, 0.3) is 0 Å². The van der Waals surface area contributed by atoms with Crippen LogP contribution in [0.4, 0.5) is 0 Å². The first kappa shape index (κ1) is 22.2. The van der Waals surface area contributed by atoms with Gasteiger partial charge in [0.05, 0.1) is 0 Å². The van der Waals surface area contributed by atoms with Crippen molar-refractivity contribution in [2.45, 2.75) is 91.9 Å². The largest absolute Gasteiger partial charge is 0.316 e. The van der Waals surface area contributed by atoms with Crippen LogP contribution >= 0.6 is 0 Å². The van der Waals surface area contributed by atoms with Gasteiger partial charge < -0.3 is 10.6 Å². The minimum Gasteiger partial charge on any atom is -0.316 e. The van der Waals surface area contributed by atoms with Crippen LogP contribution in [0.15, 0.2) is 0 Å². The monoisotopic (exact) mass is 364 g/mol. The number of hydrogen-bond acceptors (Lipinski definition) is 2. The van der Waals surface area contributed by atoms with Crippen LogP contribution in [0, 0.1) is 35.5 Å². The summed E-state index contributed by atoms with van der Waals surface area (Å²) in [5, 5.41) is 7.45. The van der Waals surface area contributed by atoms with Crippen molar-refractivity contribution in [2.24, 2.45) is 35.5 Å². The van der Waals surface area contributed by atoms with E-state index in [1.54, 1.807) is 0 Å². The van der Waals surface area contributed by atoms with Crippen molar-refractivity contribution >= 4 is 0 Å². The van der Waals surface area contributed by atoms with Crippen LogP contribution in [0.5, 0.6) is 0 Å². The van der Waals surface area contributed by atoms with E-state index < -0.39 is 0 Å². The Balaban J connectivity index is 1.37. The first-order valence-electron chi connectivity index (χ1n) is 12.0. The quantitative estimate of drug-likeness (QED) is 0.448. The lowest BCUT2D eigenvalue weighted by molar-refractivity contribution is 0.219. The molecule has 0 unspecified atom stereocenters. The van der Waals surface area contributed by atoms with Gasteiger partial charge in [0.1, 0.15) is 0 Å². The van der Waals surface area contributed by atoms with Gasteiger partial charge in [-0.05, 0) is 126 Å². The van der Waals surface area contributed by atoms with Gasteiger partial charge in [-0.25, -0.2) is 0 Å². The number of hydrogen-bond donors (Lipinski definition) is 2. The van der Waals surface area contributed by atoms with Crippen LogP contribution in [0.25, 0.3) is 0 Å². The molecule has 0 aromatic heterocycles. The van der Waals surface area contributed by atoms with Crippen molar-refractivity contribution in [2.75, 3.05) is 26.2 Å². The summed E-state index contributed by atoms with van der Waals surface area (Å²) in [6.07, 6.45) is 14.3. The molecule has 2 aliphatic rings. The highest BCUT2D eigenvalue weighted by Gasteiger charge is 2.23. The standard InChI is InChI=1S/C24H48N2/c1-19(2)23-11-7-21(8-12-23)17-25-15-5-6-16-26-18-22-9-13-24(14-10-22)20(3)4/h19-26H,5-18H2,1-4H3.